The molecule has 3 nitrogen and oxygen atoms in total. The van der Waals surface area contributed by atoms with Gasteiger partial charge in [0.25, 0.3) is 0 Å². The maximum atomic E-state index is 12.0. The fraction of sp³-hybridized carbons (Fsp3) is 0.316. The number of para-hydroxylation sites is 1. The van der Waals surface area contributed by atoms with E-state index in [9.17, 15) is 4.79 Å². The van der Waals surface area contributed by atoms with Gasteiger partial charge in [0.2, 0.25) is 5.91 Å². The number of rotatable bonds is 7. The third kappa shape index (κ3) is 5.61. The predicted molar refractivity (Wildman–Crippen MR) is 94.0 cm³/mol. The second kappa shape index (κ2) is 8.02. The maximum absolute atomic E-state index is 12.0. The highest BCUT2D eigenvalue weighted by Crippen LogP contribution is 2.24. The summed E-state index contributed by atoms with van der Waals surface area (Å²) in [7, 11) is 0. The molecule has 0 fully saturated rings. The minimum Gasteiger partial charge on any atom is -0.493 e. The number of amides is 1. The lowest BCUT2D eigenvalue weighted by Crippen LogP contribution is -2.37. The summed E-state index contributed by atoms with van der Waals surface area (Å²) in [6.45, 7) is 5.09. The highest BCUT2D eigenvalue weighted by Gasteiger charge is 2.21. The average Bonchev–Trinajstić information content (AvgIpc) is 2.54. The molecule has 0 aromatic heterocycles. The van der Waals surface area contributed by atoms with Crippen LogP contribution in [0.5, 0.6) is 5.75 Å². The number of halogens is 1. The van der Waals surface area contributed by atoms with E-state index in [-0.39, 0.29) is 11.3 Å². The van der Waals surface area contributed by atoms with Crippen LogP contribution in [-0.4, -0.2) is 19.1 Å². The van der Waals surface area contributed by atoms with Gasteiger partial charge in [0.05, 0.1) is 13.0 Å². The molecule has 0 spiro atoms. The largest absolute Gasteiger partial charge is 0.493 e. The van der Waals surface area contributed by atoms with E-state index < -0.39 is 0 Å². The van der Waals surface area contributed by atoms with Crippen LogP contribution >= 0.6 is 11.6 Å². The third-order valence-electron chi connectivity index (χ3n) is 3.67. The lowest BCUT2D eigenvalue weighted by molar-refractivity contribution is -0.121. The second-order valence-electron chi connectivity index (χ2n) is 6.08. The number of hydrogen-bond acceptors (Lipinski definition) is 2. The quantitative estimate of drug-likeness (QED) is 0.825. The van der Waals surface area contributed by atoms with Crippen LogP contribution in [0.15, 0.2) is 54.6 Å². The van der Waals surface area contributed by atoms with Crippen molar-refractivity contribution in [2.24, 2.45) is 0 Å². The zero-order chi connectivity index (χ0) is 16.7. The molecule has 1 amide bonds. The number of nitrogens with one attached hydrogen (secondary N) is 1. The molecular weight excluding hydrogens is 310 g/mol. The van der Waals surface area contributed by atoms with Crippen LogP contribution in [0.3, 0.4) is 0 Å². The van der Waals surface area contributed by atoms with Gasteiger partial charge >= 0.3 is 0 Å². The smallest absolute Gasteiger partial charge is 0.223 e. The average molecular weight is 332 g/mol. The normalized spacial score (nSPS) is 11.1. The van der Waals surface area contributed by atoms with Gasteiger partial charge in [-0.1, -0.05) is 55.8 Å². The van der Waals surface area contributed by atoms with E-state index in [4.69, 9.17) is 16.3 Å². The highest BCUT2D eigenvalue weighted by atomic mass is 35.5. The minimum absolute atomic E-state index is 0.0176. The van der Waals surface area contributed by atoms with E-state index in [0.717, 1.165) is 11.3 Å². The van der Waals surface area contributed by atoms with E-state index in [1.54, 1.807) is 0 Å². The summed E-state index contributed by atoms with van der Waals surface area (Å²) in [5.41, 5.74) is 0.923. The fourth-order valence-corrected chi connectivity index (χ4v) is 2.39. The Morgan fingerprint density at radius 3 is 2.57 bits per heavy atom. The number of carbonyl (C=O) groups excluding carboxylic acids is 1. The summed E-state index contributed by atoms with van der Waals surface area (Å²) < 4.78 is 5.53. The van der Waals surface area contributed by atoms with Crippen molar-refractivity contribution >= 4 is 17.5 Å². The zero-order valence-electron chi connectivity index (χ0n) is 13.5. The van der Waals surface area contributed by atoms with Crippen molar-refractivity contribution in [1.29, 1.82) is 0 Å². The Balaban J connectivity index is 1.77. The first-order chi connectivity index (χ1) is 11.0. The van der Waals surface area contributed by atoms with Crippen LogP contribution in [0.25, 0.3) is 0 Å². The summed E-state index contributed by atoms with van der Waals surface area (Å²) in [6.07, 6.45) is 0.334. The van der Waals surface area contributed by atoms with Crippen LogP contribution in [-0.2, 0) is 10.2 Å². The van der Waals surface area contributed by atoms with E-state index in [2.05, 4.69) is 19.2 Å². The summed E-state index contributed by atoms with van der Waals surface area (Å²) in [6, 6.07) is 17.2. The molecule has 0 unspecified atom stereocenters. The molecule has 0 atom stereocenters. The summed E-state index contributed by atoms with van der Waals surface area (Å²) in [4.78, 5) is 12.0. The third-order valence-corrected chi connectivity index (χ3v) is 3.91. The summed E-state index contributed by atoms with van der Waals surface area (Å²) in [5, 5.41) is 3.67. The molecule has 23 heavy (non-hydrogen) atoms. The van der Waals surface area contributed by atoms with Crippen molar-refractivity contribution in [2.75, 3.05) is 13.2 Å². The van der Waals surface area contributed by atoms with Gasteiger partial charge in [-0.3, -0.25) is 4.79 Å². The Labute approximate surface area is 142 Å². The van der Waals surface area contributed by atoms with Crippen molar-refractivity contribution in [3.8, 4) is 5.75 Å². The van der Waals surface area contributed by atoms with Gasteiger partial charge in [0.1, 0.15) is 5.75 Å². The standard InChI is InChI=1S/C19H22ClNO2/c1-19(2,15-7-6-8-16(20)13-15)14-21-18(22)11-12-23-17-9-4-3-5-10-17/h3-10,13H,11-12,14H2,1-2H3,(H,21,22). The first kappa shape index (κ1) is 17.4. The number of benzene rings is 2. The van der Waals surface area contributed by atoms with Crippen molar-refractivity contribution in [2.45, 2.75) is 25.7 Å². The minimum atomic E-state index is -0.180. The Morgan fingerprint density at radius 2 is 1.87 bits per heavy atom. The van der Waals surface area contributed by atoms with Crippen LogP contribution < -0.4 is 10.1 Å². The van der Waals surface area contributed by atoms with Gasteiger partial charge in [-0.05, 0) is 29.8 Å². The second-order valence-corrected chi connectivity index (χ2v) is 6.52. The van der Waals surface area contributed by atoms with Crippen molar-refractivity contribution in [1.82, 2.24) is 5.32 Å². The van der Waals surface area contributed by atoms with Gasteiger partial charge in [-0.2, -0.15) is 0 Å². The number of carbonyl (C=O) groups is 1. The molecule has 122 valence electrons. The molecule has 2 aromatic rings. The van der Waals surface area contributed by atoms with E-state index in [1.807, 2.05) is 54.6 Å². The Bertz CT molecular complexity index is 641. The zero-order valence-corrected chi connectivity index (χ0v) is 14.3. The predicted octanol–water partition coefficient (Wildman–Crippen LogP) is 4.20. The molecule has 0 saturated carbocycles. The molecule has 0 heterocycles. The van der Waals surface area contributed by atoms with Gasteiger partial charge < -0.3 is 10.1 Å². The molecule has 0 radical (unpaired) electrons. The molecule has 0 aliphatic rings. The molecule has 4 heteroatoms. The van der Waals surface area contributed by atoms with E-state index in [0.29, 0.717) is 24.6 Å². The van der Waals surface area contributed by atoms with Gasteiger partial charge in [-0.15, -0.1) is 0 Å². The van der Waals surface area contributed by atoms with Crippen LogP contribution in [0, 0.1) is 0 Å². The SMILES string of the molecule is CC(C)(CNC(=O)CCOc1ccccc1)c1cccc(Cl)c1. The molecule has 0 aliphatic carbocycles. The van der Waals surface area contributed by atoms with Gasteiger partial charge in [0, 0.05) is 17.0 Å². The van der Waals surface area contributed by atoms with Crippen LogP contribution in [0.4, 0.5) is 0 Å². The van der Waals surface area contributed by atoms with Crippen LogP contribution in [0.1, 0.15) is 25.8 Å². The maximum Gasteiger partial charge on any atom is 0.223 e. The molecule has 0 aliphatic heterocycles. The Kier molecular flexibility index (Phi) is 6.05. The molecule has 2 aromatic carbocycles. The van der Waals surface area contributed by atoms with E-state index >= 15 is 0 Å². The molecule has 0 bridgehead atoms. The van der Waals surface area contributed by atoms with Crippen molar-refractivity contribution in [3.63, 3.8) is 0 Å². The first-order valence-electron chi connectivity index (χ1n) is 7.68. The fourth-order valence-electron chi connectivity index (χ4n) is 2.20. The van der Waals surface area contributed by atoms with E-state index in [1.165, 1.54) is 0 Å². The van der Waals surface area contributed by atoms with Gasteiger partial charge in [-0.25, -0.2) is 0 Å². The Hall–Kier alpha value is -2.00. The highest BCUT2D eigenvalue weighted by molar-refractivity contribution is 6.30. The molecular formula is C19H22ClNO2. The lowest BCUT2D eigenvalue weighted by Gasteiger charge is -2.26. The van der Waals surface area contributed by atoms with Crippen molar-refractivity contribution < 1.29 is 9.53 Å². The number of hydrogen-bond donors (Lipinski definition) is 1. The monoisotopic (exact) mass is 331 g/mol. The molecule has 2 rings (SSSR count). The van der Waals surface area contributed by atoms with Crippen LogP contribution in [0.2, 0.25) is 5.02 Å². The van der Waals surface area contributed by atoms with Crippen molar-refractivity contribution in [3.05, 3.63) is 65.2 Å². The summed E-state index contributed by atoms with van der Waals surface area (Å²) >= 11 is 6.04. The molecule has 1 N–H and O–H groups in total. The first-order valence-corrected chi connectivity index (χ1v) is 8.06. The van der Waals surface area contributed by atoms with Gasteiger partial charge in [0.15, 0.2) is 0 Å². The Morgan fingerprint density at radius 1 is 1.13 bits per heavy atom. The number of ether oxygens (including phenoxy) is 1. The topological polar surface area (TPSA) is 38.3 Å². The summed E-state index contributed by atoms with van der Waals surface area (Å²) in [5.74, 6) is 0.760. The lowest BCUT2D eigenvalue weighted by atomic mass is 9.84. The molecule has 0 saturated heterocycles.